The molecule has 0 aromatic rings. The molecule has 0 bridgehead atoms. The summed E-state index contributed by atoms with van der Waals surface area (Å²) in [6.45, 7) is 3.93. The zero-order valence-corrected chi connectivity index (χ0v) is 11.5. The fourth-order valence-corrected chi connectivity index (χ4v) is 2.27. The van der Waals surface area contributed by atoms with Crippen molar-refractivity contribution in [2.45, 2.75) is 25.4 Å². The first-order valence-electron chi connectivity index (χ1n) is 5.82. The summed E-state index contributed by atoms with van der Waals surface area (Å²) in [5.74, 6) is 0. The van der Waals surface area contributed by atoms with E-state index in [0.29, 0.717) is 37.5 Å². The van der Waals surface area contributed by atoms with E-state index in [1.54, 1.807) is 19.1 Å². The van der Waals surface area contributed by atoms with Crippen LogP contribution in [0.15, 0.2) is 0 Å². The summed E-state index contributed by atoms with van der Waals surface area (Å²) < 4.78 is 5.44. The lowest BCUT2D eigenvalue weighted by atomic mass is 9.91. The van der Waals surface area contributed by atoms with Gasteiger partial charge in [-0.2, -0.15) is 0 Å². The van der Waals surface area contributed by atoms with E-state index in [9.17, 15) is 4.79 Å². The Morgan fingerprint density at radius 3 is 2.41 bits per heavy atom. The molecular formula is C11H21N3O2S. The number of urea groups is 1. The topological polar surface area (TPSA) is 58.8 Å². The predicted molar refractivity (Wildman–Crippen MR) is 71.0 cm³/mol. The number of piperidine rings is 1. The maximum absolute atomic E-state index is 11.9. The Morgan fingerprint density at radius 2 is 2.06 bits per heavy atom. The predicted octanol–water partition coefficient (Wildman–Crippen LogP) is 0.825. The second-order valence-corrected chi connectivity index (χ2v) is 4.79. The van der Waals surface area contributed by atoms with Crippen LogP contribution in [-0.4, -0.2) is 60.2 Å². The molecule has 1 saturated heterocycles. The van der Waals surface area contributed by atoms with Crippen molar-refractivity contribution in [1.82, 2.24) is 9.80 Å². The smallest absolute Gasteiger partial charge is 0.319 e. The quantitative estimate of drug-likeness (QED) is 0.763. The Labute approximate surface area is 108 Å². The van der Waals surface area contributed by atoms with E-state index < -0.39 is 5.60 Å². The van der Waals surface area contributed by atoms with Gasteiger partial charge < -0.3 is 20.3 Å². The third-order valence-electron chi connectivity index (χ3n) is 3.48. The van der Waals surface area contributed by atoms with Crippen LogP contribution in [0.25, 0.3) is 0 Å². The van der Waals surface area contributed by atoms with Gasteiger partial charge in [-0.3, -0.25) is 0 Å². The highest BCUT2D eigenvalue weighted by molar-refractivity contribution is 7.80. The lowest BCUT2D eigenvalue weighted by Crippen LogP contribution is -2.55. The number of likely N-dealkylation sites (tertiary alicyclic amines) is 1. The fourth-order valence-electron chi connectivity index (χ4n) is 1.99. The summed E-state index contributed by atoms with van der Waals surface area (Å²) in [7, 11) is 3.42. The van der Waals surface area contributed by atoms with Crippen LogP contribution in [0.3, 0.4) is 0 Å². The van der Waals surface area contributed by atoms with Gasteiger partial charge in [-0.25, -0.2) is 4.79 Å². The highest BCUT2D eigenvalue weighted by atomic mass is 32.1. The van der Waals surface area contributed by atoms with Gasteiger partial charge in [0.2, 0.25) is 0 Å². The first kappa shape index (κ1) is 14.2. The number of nitrogens with two attached hydrogens (primary N) is 1. The Hall–Kier alpha value is -0.880. The lowest BCUT2D eigenvalue weighted by Gasteiger charge is -2.40. The first-order valence-corrected chi connectivity index (χ1v) is 6.22. The molecule has 1 fully saturated rings. The first-order chi connectivity index (χ1) is 7.96. The molecule has 0 saturated carbocycles. The highest BCUT2D eigenvalue weighted by Gasteiger charge is 2.38. The molecule has 17 heavy (non-hydrogen) atoms. The van der Waals surface area contributed by atoms with Gasteiger partial charge in [0.1, 0.15) is 10.6 Å². The maximum atomic E-state index is 11.9. The molecule has 1 aliphatic heterocycles. The van der Waals surface area contributed by atoms with E-state index in [0.717, 1.165) is 0 Å². The van der Waals surface area contributed by atoms with Crippen LogP contribution in [-0.2, 0) is 4.74 Å². The van der Waals surface area contributed by atoms with Crippen LogP contribution < -0.4 is 5.73 Å². The Kier molecular flexibility index (Phi) is 4.70. The van der Waals surface area contributed by atoms with Crippen molar-refractivity contribution in [3.8, 4) is 0 Å². The van der Waals surface area contributed by atoms with Gasteiger partial charge in [-0.15, -0.1) is 0 Å². The van der Waals surface area contributed by atoms with Crippen LogP contribution >= 0.6 is 12.2 Å². The number of ether oxygens (including phenoxy) is 1. The van der Waals surface area contributed by atoms with E-state index in [2.05, 4.69) is 0 Å². The molecule has 0 aromatic heterocycles. The lowest BCUT2D eigenvalue weighted by molar-refractivity contribution is 0.00228. The van der Waals surface area contributed by atoms with Gasteiger partial charge in [-0.1, -0.05) is 12.2 Å². The monoisotopic (exact) mass is 259 g/mol. The third kappa shape index (κ3) is 2.87. The van der Waals surface area contributed by atoms with Crippen molar-refractivity contribution >= 4 is 23.2 Å². The summed E-state index contributed by atoms with van der Waals surface area (Å²) in [4.78, 5) is 15.8. The van der Waals surface area contributed by atoms with Crippen molar-refractivity contribution in [2.24, 2.45) is 5.73 Å². The van der Waals surface area contributed by atoms with E-state index >= 15 is 0 Å². The molecule has 0 atom stereocenters. The van der Waals surface area contributed by atoms with Gasteiger partial charge in [0.25, 0.3) is 0 Å². The zero-order valence-electron chi connectivity index (χ0n) is 10.7. The Bertz CT molecular complexity index is 301. The van der Waals surface area contributed by atoms with Crippen LogP contribution in [0.5, 0.6) is 0 Å². The van der Waals surface area contributed by atoms with Crippen LogP contribution in [0.1, 0.15) is 19.8 Å². The van der Waals surface area contributed by atoms with E-state index in [1.165, 1.54) is 0 Å². The standard InChI is InChI=1S/C11H21N3O2S/c1-4-13(2)10(15)14-7-5-11(16-3,6-8-14)9(12)17/h4-8H2,1-3H3,(H2,12,17). The van der Waals surface area contributed by atoms with Gasteiger partial charge in [0.05, 0.1) is 0 Å². The summed E-state index contributed by atoms with van der Waals surface area (Å²) in [5, 5.41) is 0. The maximum Gasteiger partial charge on any atom is 0.319 e. The average Bonchev–Trinajstić information content (AvgIpc) is 2.36. The minimum atomic E-state index is -0.531. The molecule has 5 nitrogen and oxygen atoms in total. The molecular weight excluding hydrogens is 238 g/mol. The number of methoxy groups -OCH3 is 1. The molecule has 0 aliphatic carbocycles. The summed E-state index contributed by atoms with van der Waals surface area (Å²) >= 11 is 5.04. The van der Waals surface area contributed by atoms with E-state index in [4.69, 9.17) is 22.7 Å². The summed E-state index contributed by atoms with van der Waals surface area (Å²) in [5.41, 5.74) is 5.18. The Balaban J connectivity index is 2.61. The second kappa shape index (κ2) is 5.64. The number of hydrogen-bond donors (Lipinski definition) is 1. The molecule has 2 N–H and O–H groups in total. The summed E-state index contributed by atoms with van der Waals surface area (Å²) in [6.07, 6.45) is 1.34. The van der Waals surface area contributed by atoms with Gasteiger partial charge in [0, 0.05) is 46.6 Å². The SMILES string of the molecule is CCN(C)C(=O)N1CCC(OC)(C(N)=S)CC1. The van der Waals surface area contributed by atoms with Crippen LogP contribution in [0, 0.1) is 0 Å². The normalized spacial score (nSPS) is 18.9. The van der Waals surface area contributed by atoms with Crippen molar-refractivity contribution in [2.75, 3.05) is 33.8 Å². The molecule has 1 rings (SSSR count). The minimum Gasteiger partial charge on any atom is -0.391 e. The highest BCUT2D eigenvalue weighted by Crippen LogP contribution is 2.26. The molecule has 0 radical (unpaired) electrons. The van der Waals surface area contributed by atoms with Crippen LogP contribution in [0.4, 0.5) is 4.79 Å². The van der Waals surface area contributed by atoms with Crippen LogP contribution in [0.2, 0.25) is 0 Å². The number of rotatable bonds is 3. The fraction of sp³-hybridized carbons (Fsp3) is 0.818. The average molecular weight is 259 g/mol. The van der Waals surface area contributed by atoms with Gasteiger partial charge in [-0.05, 0) is 6.92 Å². The van der Waals surface area contributed by atoms with Gasteiger partial charge in [0.15, 0.2) is 0 Å². The number of hydrogen-bond acceptors (Lipinski definition) is 3. The molecule has 0 unspecified atom stereocenters. The number of nitrogens with zero attached hydrogens (tertiary/aromatic N) is 2. The number of thiocarbonyl (C=S) groups is 1. The molecule has 98 valence electrons. The van der Waals surface area contributed by atoms with E-state index in [-0.39, 0.29) is 6.03 Å². The molecule has 1 aliphatic rings. The molecule has 0 spiro atoms. The van der Waals surface area contributed by atoms with Crippen molar-refractivity contribution in [1.29, 1.82) is 0 Å². The van der Waals surface area contributed by atoms with Gasteiger partial charge >= 0.3 is 6.03 Å². The molecule has 6 heteroatoms. The second-order valence-electron chi connectivity index (χ2n) is 4.35. The van der Waals surface area contributed by atoms with Crippen molar-refractivity contribution in [3.63, 3.8) is 0 Å². The minimum absolute atomic E-state index is 0.0557. The molecule has 0 aromatic carbocycles. The largest absolute Gasteiger partial charge is 0.391 e. The number of carbonyl (C=O) groups is 1. The number of amides is 2. The van der Waals surface area contributed by atoms with E-state index in [1.807, 2.05) is 11.8 Å². The number of carbonyl (C=O) groups excluding carboxylic acids is 1. The van der Waals surface area contributed by atoms with Crippen molar-refractivity contribution < 1.29 is 9.53 Å². The zero-order chi connectivity index (χ0) is 13.1. The third-order valence-corrected chi connectivity index (χ3v) is 3.85. The summed E-state index contributed by atoms with van der Waals surface area (Å²) in [6, 6.07) is 0.0557. The molecule has 2 amide bonds. The Morgan fingerprint density at radius 1 is 1.53 bits per heavy atom. The van der Waals surface area contributed by atoms with Crippen molar-refractivity contribution in [3.05, 3.63) is 0 Å². The molecule has 1 heterocycles.